The number of hydrogen-bond donors (Lipinski definition) is 3. The van der Waals surface area contributed by atoms with Crippen molar-refractivity contribution in [1.82, 2.24) is 9.97 Å². The molecule has 0 saturated heterocycles. The van der Waals surface area contributed by atoms with Crippen molar-refractivity contribution < 1.29 is 17.9 Å². The van der Waals surface area contributed by atoms with E-state index >= 15 is 0 Å². The van der Waals surface area contributed by atoms with Crippen molar-refractivity contribution in [3.05, 3.63) is 77.9 Å². The number of rotatable bonds is 7. The number of imidazole rings is 1. The summed E-state index contributed by atoms with van der Waals surface area (Å²) in [5.74, 6) is -0.0608. The van der Waals surface area contributed by atoms with E-state index in [0.29, 0.717) is 39.5 Å². The van der Waals surface area contributed by atoms with E-state index < -0.39 is 16.0 Å². The van der Waals surface area contributed by atoms with Crippen molar-refractivity contribution in [3.8, 4) is 6.07 Å². The molecule has 4 aromatic rings. The van der Waals surface area contributed by atoms with Crippen LogP contribution in [0, 0.1) is 11.3 Å². The second-order valence-corrected chi connectivity index (χ2v) is 9.40. The lowest BCUT2D eigenvalue weighted by atomic mass is 10.2. The van der Waals surface area contributed by atoms with E-state index in [9.17, 15) is 13.2 Å². The molecule has 34 heavy (non-hydrogen) atoms. The molecule has 0 spiro atoms. The van der Waals surface area contributed by atoms with E-state index in [2.05, 4.69) is 26.1 Å². The van der Waals surface area contributed by atoms with E-state index in [1.54, 1.807) is 44.2 Å². The van der Waals surface area contributed by atoms with Crippen LogP contribution >= 0.6 is 0 Å². The Morgan fingerprint density at radius 1 is 1.06 bits per heavy atom. The maximum atomic E-state index is 12.9. The number of nitrogens with zero attached hydrogens (tertiary/aromatic N) is 2. The van der Waals surface area contributed by atoms with Crippen molar-refractivity contribution in [2.75, 3.05) is 10.0 Å². The van der Waals surface area contributed by atoms with Gasteiger partial charge in [-0.15, -0.1) is 0 Å². The van der Waals surface area contributed by atoms with Crippen LogP contribution in [0.15, 0.2) is 71.6 Å². The molecule has 0 aliphatic carbocycles. The number of aromatic amines is 1. The molecule has 0 saturated carbocycles. The number of ether oxygens (including phenoxy) is 1. The highest BCUT2D eigenvalue weighted by atomic mass is 32.2. The van der Waals surface area contributed by atoms with Crippen LogP contribution in [0.5, 0.6) is 0 Å². The lowest BCUT2D eigenvalue weighted by Gasteiger charge is -2.10. The molecule has 0 aliphatic heterocycles. The third-order valence-corrected chi connectivity index (χ3v) is 6.11. The first-order valence-corrected chi connectivity index (χ1v) is 11.8. The summed E-state index contributed by atoms with van der Waals surface area (Å²) in [5, 5.41) is 12.1. The third-order valence-electron chi connectivity index (χ3n) is 4.73. The van der Waals surface area contributed by atoms with Crippen LogP contribution in [-0.2, 0) is 14.8 Å². The van der Waals surface area contributed by atoms with Gasteiger partial charge in [0.25, 0.3) is 10.0 Å². The number of nitrogens with one attached hydrogen (secondary N) is 3. The van der Waals surface area contributed by atoms with Gasteiger partial charge < -0.3 is 15.0 Å². The quantitative estimate of drug-likeness (QED) is 0.334. The molecule has 0 aliphatic rings. The number of aromatic nitrogens is 2. The van der Waals surface area contributed by atoms with Gasteiger partial charge in [0.15, 0.2) is 0 Å². The van der Waals surface area contributed by atoms with Crippen molar-refractivity contribution in [2.45, 2.75) is 24.8 Å². The second kappa shape index (κ2) is 9.25. The fourth-order valence-corrected chi connectivity index (χ4v) is 4.27. The maximum absolute atomic E-state index is 12.9. The molecule has 0 amide bonds. The number of benzene rings is 3. The van der Waals surface area contributed by atoms with Crippen LogP contribution in [0.3, 0.4) is 0 Å². The summed E-state index contributed by atoms with van der Waals surface area (Å²) >= 11 is 0. The molecule has 0 atom stereocenters. The van der Waals surface area contributed by atoms with Gasteiger partial charge >= 0.3 is 5.97 Å². The topological polar surface area (TPSA) is 137 Å². The van der Waals surface area contributed by atoms with Gasteiger partial charge in [-0.05, 0) is 74.5 Å². The Bertz CT molecular complexity index is 1500. The van der Waals surface area contributed by atoms with Gasteiger partial charge in [-0.25, -0.2) is 18.2 Å². The SMILES string of the molecule is CC(C)OC(=O)c1ccc(NS(=O)(=O)c2ccc3nc(Nc4cccc(C#N)c4)[nH]c3c2)cc1. The third kappa shape index (κ3) is 5.16. The van der Waals surface area contributed by atoms with E-state index in [4.69, 9.17) is 10.00 Å². The zero-order valence-electron chi connectivity index (χ0n) is 18.4. The van der Waals surface area contributed by atoms with E-state index in [1.165, 1.54) is 36.4 Å². The van der Waals surface area contributed by atoms with Gasteiger partial charge in [-0.2, -0.15) is 5.26 Å². The van der Waals surface area contributed by atoms with Gasteiger partial charge in [0.2, 0.25) is 5.95 Å². The number of anilines is 3. The lowest BCUT2D eigenvalue weighted by Crippen LogP contribution is -2.14. The molecular formula is C24H21N5O4S. The van der Waals surface area contributed by atoms with E-state index in [-0.39, 0.29) is 11.0 Å². The molecule has 4 rings (SSSR count). The van der Waals surface area contributed by atoms with Crippen molar-refractivity contribution >= 4 is 44.3 Å². The molecule has 3 N–H and O–H groups in total. The highest BCUT2D eigenvalue weighted by Crippen LogP contribution is 2.23. The minimum Gasteiger partial charge on any atom is -0.459 e. The highest BCUT2D eigenvalue weighted by Gasteiger charge is 2.17. The molecule has 0 bridgehead atoms. The monoisotopic (exact) mass is 475 g/mol. The number of hydrogen-bond acceptors (Lipinski definition) is 7. The Balaban J connectivity index is 1.52. The predicted molar refractivity (Wildman–Crippen MR) is 128 cm³/mol. The number of carbonyl (C=O) groups excluding carboxylic acids is 1. The number of sulfonamides is 1. The normalized spacial score (nSPS) is 11.2. The van der Waals surface area contributed by atoms with Crippen LogP contribution in [-0.4, -0.2) is 30.5 Å². The minimum atomic E-state index is -3.89. The van der Waals surface area contributed by atoms with Crippen LogP contribution in [0.2, 0.25) is 0 Å². The van der Waals surface area contributed by atoms with Crippen molar-refractivity contribution in [2.24, 2.45) is 0 Å². The fraction of sp³-hybridized carbons (Fsp3) is 0.125. The molecule has 10 heteroatoms. The lowest BCUT2D eigenvalue weighted by molar-refractivity contribution is 0.0378. The van der Waals surface area contributed by atoms with Crippen LogP contribution in [0.4, 0.5) is 17.3 Å². The molecule has 1 aromatic heterocycles. The Morgan fingerprint density at radius 3 is 2.53 bits per heavy atom. The molecule has 1 heterocycles. The highest BCUT2D eigenvalue weighted by molar-refractivity contribution is 7.92. The molecular weight excluding hydrogens is 454 g/mol. The van der Waals surface area contributed by atoms with Crippen LogP contribution in [0.1, 0.15) is 29.8 Å². The smallest absolute Gasteiger partial charge is 0.338 e. The van der Waals surface area contributed by atoms with Crippen molar-refractivity contribution in [1.29, 1.82) is 5.26 Å². The number of esters is 1. The van der Waals surface area contributed by atoms with Gasteiger partial charge in [-0.3, -0.25) is 4.72 Å². The standard InChI is InChI=1S/C24H21N5O4S/c1-15(2)33-23(30)17-6-8-18(9-7-17)29-34(31,32)20-10-11-21-22(13-20)28-24(27-21)26-19-5-3-4-16(12-19)14-25/h3-13,15,29H,1-2H3,(H2,26,27,28). The maximum Gasteiger partial charge on any atom is 0.338 e. The van der Waals surface area contributed by atoms with Gasteiger partial charge in [0.05, 0.1) is 39.2 Å². The van der Waals surface area contributed by atoms with Gasteiger partial charge in [0, 0.05) is 11.4 Å². The summed E-state index contributed by atoms with van der Waals surface area (Å²) in [5.41, 5.74) is 2.92. The Labute approximate surface area is 196 Å². The minimum absolute atomic E-state index is 0.0463. The summed E-state index contributed by atoms with van der Waals surface area (Å²) in [6.45, 7) is 3.50. The Morgan fingerprint density at radius 2 is 1.82 bits per heavy atom. The van der Waals surface area contributed by atoms with Crippen LogP contribution in [0.25, 0.3) is 11.0 Å². The summed E-state index contributed by atoms with van der Waals surface area (Å²) in [7, 11) is -3.89. The number of carbonyl (C=O) groups is 1. The zero-order valence-corrected chi connectivity index (χ0v) is 19.2. The predicted octanol–water partition coefficient (Wildman–Crippen LogP) is 4.54. The van der Waals surface area contributed by atoms with Gasteiger partial charge in [0.1, 0.15) is 0 Å². The molecule has 172 valence electrons. The average Bonchev–Trinajstić information content (AvgIpc) is 3.20. The van der Waals surface area contributed by atoms with Crippen LogP contribution < -0.4 is 10.0 Å². The first-order chi connectivity index (χ1) is 16.2. The summed E-state index contributed by atoms with van der Waals surface area (Å²) in [4.78, 5) is 19.5. The fourth-order valence-electron chi connectivity index (χ4n) is 3.19. The number of nitriles is 1. The van der Waals surface area contributed by atoms with Gasteiger partial charge in [-0.1, -0.05) is 6.07 Å². The number of fused-ring (bicyclic) bond motifs is 1. The Kier molecular flexibility index (Phi) is 6.21. The molecule has 0 radical (unpaired) electrons. The molecule has 9 nitrogen and oxygen atoms in total. The van der Waals surface area contributed by atoms with E-state index in [1.807, 2.05) is 0 Å². The summed E-state index contributed by atoms with van der Waals surface area (Å²) in [6, 6.07) is 19.5. The molecule has 3 aromatic carbocycles. The second-order valence-electron chi connectivity index (χ2n) is 7.72. The first kappa shape index (κ1) is 22.8. The molecule has 0 fully saturated rings. The first-order valence-electron chi connectivity index (χ1n) is 10.3. The van der Waals surface area contributed by atoms with E-state index in [0.717, 1.165) is 0 Å². The zero-order chi connectivity index (χ0) is 24.3. The summed E-state index contributed by atoms with van der Waals surface area (Å²) < 4.78 is 33.4. The Hall–Kier alpha value is -4.36. The summed E-state index contributed by atoms with van der Waals surface area (Å²) in [6.07, 6.45) is -0.249. The average molecular weight is 476 g/mol. The largest absolute Gasteiger partial charge is 0.459 e. The molecule has 0 unspecified atom stereocenters. The van der Waals surface area contributed by atoms with Crippen molar-refractivity contribution in [3.63, 3.8) is 0 Å². The number of H-pyrrole nitrogens is 1.